The van der Waals surface area contributed by atoms with E-state index in [2.05, 4.69) is 30.8 Å². The minimum Gasteiger partial charge on any atom is -0.369 e. The molecule has 2 fully saturated rings. The summed E-state index contributed by atoms with van der Waals surface area (Å²) < 4.78 is 0.844. The maximum atomic E-state index is 11.2. The fraction of sp³-hybridized carbons (Fsp3) is 0.615. The molecule has 2 aliphatic rings. The van der Waals surface area contributed by atoms with Crippen LogP contribution in [0.5, 0.6) is 0 Å². The van der Waals surface area contributed by atoms with Gasteiger partial charge in [0.1, 0.15) is 16.2 Å². The minimum atomic E-state index is -0.179. The maximum absolute atomic E-state index is 11.2. The van der Waals surface area contributed by atoms with Crippen molar-refractivity contribution in [2.24, 2.45) is 11.7 Å². The first kappa shape index (κ1) is 12.8. The van der Waals surface area contributed by atoms with Crippen LogP contribution in [0.25, 0.3) is 0 Å². The Bertz CT molecular complexity index is 495. The second-order valence-electron chi connectivity index (χ2n) is 5.35. The molecule has 0 radical (unpaired) electrons. The Morgan fingerprint density at radius 2 is 1.95 bits per heavy atom. The summed E-state index contributed by atoms with van der Waals surface area (Å²) in [6.45, 7) is 1.67. The number of nitrogens with two attached hydrogens (primary N) is 1. The van der Waals surface area contributed by atoms with Gasteiger partial charge in [0.2, 0.25) is 5.91 Å². The quantitative estimate of drug-likeness (QED) is 0.861. The number of halogens is 1. The van der Waals surface area contributed by atoms with E-state index in [-0.39, 0.29) is 11.8 Å². The van der Waals surface area contributed by atoms with Gasteiger partial charge in [0.25, 0.3) is 0 Å². The summed E-state index contributed by atoms with van der Waals surface area (Å²) in [5.74, 6) is 2.29. The third-order valence-electron chi connectivity index (χ3n) is 3.86. The Labute approximate surface area is 120 Å². The number of aromatic nitrogens is 2. The lowest BCUT2D eigenvalue weighted by Crippen LogP contribution is -2.39. The summed E-state index contributed by atoms with van der Waals surface area (Å²) in [6.07, 6.45) is 4.02. The lowest BCUT2D eigenvalue weighted by atomic mass is 9.96. The molecule has 1 aliphatic carbocycles. The minimum absolute atomic E-state index is 0.0180. The molecule has 2 heterocycles. The lowest BCUT2D eigenvalue weighted by Gasteiger charge is -2.31. The number of nitrogens with zero attached hydrogens (tertiary/aromatic N) is 3. The van der Waals surface area contributed by atoms with Crippen molar-refractivity contribution < 1.29 is 4.79 Å². The Morgan fingerprint density at radius 3 is 2.53 bits per heavy atom. The molecule has 3 rings (SSSR count). The van der Waals surface area contributed by atoms with Gasteiger partial charge in [0.05, 0.1) is 0 Å². The standard InChI is InChI=1S/C13H17BrN4O/c14-10-7-11(17-13(16-10)9-1-2-9)18-5-3-8(4-6-18)12(15)19/h7-9H,1-6H2,(H2,15,19). The number of amides is 1. The van der Waals surface area contributed by atoms with Crippen molar-refractivity contribution in [1.29, 1.82) is 0 Å². The molecule has 6 heteroatoms. The van der Waals surface area contributed by atoms with Gasteiger partial charge in [0, 0.05) is 31.0 Å². The van der Waals surface area contributed by atoms with Crippen molar-refractivity contribution in [2.75, 3.05) is 18.0 Å². The maximum Gasteiger partial charge on any atom is 0.220 e. The highest BCUT2D eigenvalue weighted by molar-refractivity contribution is 9.10. The molecule has 1 aromatic rings. The van der Waals surface area contributed by atoms with Crippen molar-refractivity contribution in [2.45, 2.75) is 31.6 Å². The van der Waals surface area contributed by atoms with Crippen LogP contribution < -0.4 is 10.6 Å². The summed E-state index contributed by atoms with van der Waals surface area (Å²) in [4.78, 5) is 22.5. The van der Waals surface area contributed by atoms with Gasteiger partial charge in [0.15, 0.2) is 0 Å². The van der Waals surface area contributed by atoms with Crippen LogP contribution in [0, 0.1) is 5.92 Å². The first-order chi connectivity index (χ1) is 9.13. The van der Waals surface area contributed by atoms with Gasteiger partial charge in [-0.2, -0.15) is 0 Å². The van der Waals surface area contributed by atoms with E-state index >= 15 is 0 Å². The molecule has 0 unspecified atom stereocenters. The van der Waals surface area contributed by atoms with Gasteiger partial charge in [-0.3, -0.25) is 4.79 Å². The van der Waals surface area contributed by atoms with Gasteiger partial charge in [-0.05, 0) is 41.6 Å². The van der Waals surface area contributed by atoms with E-state index in [1.54, 1.807) is 0 Å². The SMILES string of the molecule is NC(=O)C1CCN(c2cc(Br)nc(C3CC3)n2)CC1. The molecular weight excluding hydrogens is 308 g/mol. The van der Waals surface area contributed by atoms with Gasteiger partial charge in [-0.15, -0.1) is 0 Å². The summed E-state index contributed by atoms with van der Waals surface area (Å²) >= 11 is 3.46. The number of carbonyl (C=O) groups is 1. The second-order valence-corrected chi connectivity index (χ2v) is 6.16. The fourth-order valence-corrected chi connectivity index (χ4v) is 2.89. The highest BCUT2D eigenvalue weighted by Crippen LogP contribution is 2.39. The number of carbonyl (C=O) groups excluding carboxylic acids is 1. The van der Waals surface area contributed by atoms with E-state index in [4.69, 9.17) is 5.73 Å². The highest BCUT2D eigenvalue weighted by atomic mass is 79.9. The molecule has 0 aromatic carbocycles. The average molecular weight is 325 g/mol. The summed E-state index contributed by atoms with van der Waals surface area (Å²) in [6, 6.07) is 1.95. The molecule has 0 atom stereocenters. The summed E-state index contributed by atoms with van der Waals surface area (Å²) in [5.41, 5.74) is 5.36. The smallest absolute Gasteiger partial charge is 0.220 e. The molecule has 2 N–H and O–H groups in total. The number of hydrogen-bond acceptors (Lipinski definition) is 4. The van der Waals surface area contributed by atoms with Crippen LogP contribution in [0.1, 0.15) is 37.4 Å². The zero-order chi connectivity index (χ0) is 13.4. The van der Waals surface area contributed by atoms with Crippen LogP contribution in [0.15, 0.2) is 10.7 Å². The zero-order valence-corrected chi connectivity index (χ0v) is 12.3. The Hall–Kier alpha value is -1.17. The van der Waals surface area contributed by atoms with E-state index in [0.717, 1.165) is 42.2 Å². The van der Waals surface area contributed by atoms with Gasteiger partial charge >= 0.3 is 0 Å². The van der Waals surface area contributed by atoms with E-state index < -0.39 is 0 Å². The average Bonchev–Trinajstić information content (AvgIpc) is 3.22. The van der Waals surface area contributed by atoms with Crippen LogP contribution >= 0.6 is 15.9 Å². The number of hydrogen-bond donors (Lipinski definition) is 1. The fourth-order valence-electron chi connectivity index (χ4n) is 2.50. The molecule has 102 valence electrons. The molecule has 1 amide bonds. The monoisotopic (exact) mass is 324 g/mol. The van der Waals surface area contributed by atoms with E-state index in [0.29, 0.717) is 5.92 Å². The molecule has 1 saturated carbocycles. The van der Waals surface area contributed by atoms with Crippen molar-refractivity contribution in [3.8, 4) is 0 Å². The molecule has 19 heavy (non-hydrogen) atoms. The van der Waals surface area contributed by atoms with Gasteiger partial charge in [-0.1, -0.05) is 0 Å². The second kappa shape index (κ2) is 5.07. The van der Waals surface area contributed by atoms with Gasteiger partial charge < -0.3 is 10.6 Å². The van der Waals surface area contributed by atoms with Crippen LogP contribution in [-0.2, 0) is 4.79 Å². The molecule has 1 aromatic heterocycles. The third-order valence-corrected chi connectivity index (χ3v) is 4.27. The first-order valence-electron chi connectivity index (χ1n) is 6.72. The van der Waals surface area contributed by atoms with Crippen LogP contribution in [-0.4, -0.2) is 29.0 Å². The molecule has 1 saturated heterocycles. The Morgan fingerprint density at radius 1 is 1.26 bits per heavy atom. The molecule has 5 nitrogen and oxygen atoms in total. The summed E-state index contributed by atoms with van der Waals surface area (Å²) in [5, 5.41) is 0. The van der Waals surface area contributed by atoms with E-state index in [1.807, 2.05) is 6.07 Å². The molecule has 1 aliphatic heterocycles. The van der Waals surface area contributed by atoms with Gasteiger partial charge in [-0.25, -0.2) is 9.97 Å². The zero-order valence-electron chi connectivity index (χ0n) is 10.7. The number of rotatable bonds is 3. The number of piperidine rings is 1. The molecule has 0 bridgehead atoms. The van der Waals surface area contributed by atoms with Crippen LogP contribution in [0.2, 0.25) is 0 Å². The van der Waals surface area contributed by atoms with Crippen molar-refractivity contribution in [3.05, 3.63) is 16.5 Å². The van der Waals surface area contributed by atoms with Crippen molar-refractivity contribution in [1.82, 2.24) is 9.97 Å². The Kier molecular flexibility index (Phi) is 3.43. The van der Waals surface area contributed by atoms with Crippen LogP contribution in [0.3, 0.4) is 0 Å². The normalized spacial score (nSPS) is 20.6. The van der Waals surface area contributed by atoms with E-state index in [1.165, 1.54) is 12.8 Å². The van der Waals surface area contributed by atoms with Crippen LogP contribution in [0.4, 0.5) is 5.82 Å². The largest absolute Gasteiger partial charge is 0.369 e. The van der Waals surface area contributed by atoms with E-state index in [9.17, 15) is 4.79 Å². The first-order valence-corrected chi connectivity index (χ1v) is 7.51. The molecular formula is C13H17BrN4O. The Balaban J connectivity index is 1.74. The summed E-state index contributed by atoms with van der Waals surface area (Å²) in [7, 11) is 0. The number of anilines is 1. The topological polar surface area (TPSA) is 72.1 Å². The van der Waals surface area contributed by atoms with Crippen molar-refractivity contribution >= 4 is 27.7 Å². The predicted molar refractivity (Wildman–Crippen MR) is 75.8 cm³/mol. The lowest BCUT2D eigenvalue weighted by molar-refractivity contribution is -0.122. The number of primary amides is 1. The third kappa shape index (κ3) is 2.88. The molecule has 0 spiro atoms. The predicted octanol–water partition coefficient (Wildman–Crippen LogP) is 1.82. The highest BCUT2D eigenvalue weighted by Gasteiger charge is 2.29. The van der Waals surface area contributed by atoms with Crippen molar-refractivity contribution in [3.63, 3.8) is 0 Å².